The van der Waals surface area contributed by atoms with E-state index in [0.29, 0.717) is 31.9 Å². The van der Waals surface area contributed by atoms with Crippen molar-refractivity contribution in [3.63, 3.8) is 0 Å². The van der Waals surface area contributed by atoms with E-state index in [1.165, 1.54) is 0 Å². The van der Waals surface area contributed by atoms with Gasteiger partial charge in [0.05, 0.1) is 18.3 Å². The number of carbonyl (C=O) groups excluding carboxylic acids is 1. The third-order valence-corrected chi connectivity index (χ3v) is 3.44. The fourth-order valence-electron chi connectivity index (χ4n) is 2.38. The van der Waals surface area contributed by atoms with Crippen LogP contribution in [0.1, 0.15) is 49.5 Å². The van der Waals surface area contributed by atoms with E-state index in [9.17, 15) is 9.59 Å². The van der Waals surface area contributed by atoms with Crippen molar-refractivity contribution < 1.29 is 19.4 Å². The molecule has 0 fully saturated rings. The molecule has 23 heavy (non-hydrogen) atoms. The summed E-state index contributed by atoms with van der Waals surface area (Å²) in [5.41, 5.74) is 1.16. The van der Waals surface area contributed by atoms with E-state index in [4.69, 9.17) is 9.84 Å². The summed E-state index contributed by atoms with van der Waals surface area (Å²) >= 11 is 0. The van der Waals surface area contributed by atoms with Crippen LogP contribution >= 0.6 is 0 Å². The van der Waals surface area contributed by atoms with Gasteiger partial charge < -0.3 is 15.2 Å². The smallest absolute Gasteiger partial charge is 0.335 e. The van der Waals surface area contributed by atoms with Crippen LogP contribution in [0, 0.1) is 5.92 Å². The topological polar surface area (TPSA) is 75.6 Å². The minimum atomic E-state index is -0.941. The molecule has 1 aromatic rings. The Labute approximate surface area is 138 Å². The number of amides is 1. The quantitative estimate of drug-likeness (QED) is 0.695. The molecule has 0 bridgehead atoms. The first kappa shape index (κ1) is 19.2. The normalized spacial score (nSPS) is 12.2. The summed E-state index contributed by atoms with van der Waals surface area (Å²) in [6.45, 7) is 7.23. The summed E-state index contributed by atoms with van der Waals surface area (Å²) in [5, 5.41) is 11.8. The molecule has 0 aliphatic carbocycles. The Hall–Kier alpha value is -1.88. The van der Waals surface area contributed by atoms with Gasteiger partial charge in [-0.15, -0.1) is 0 Å². The molecule has 0 spiro atoms. The number of benzene rings is 1. The molecule has 0 aromatic heterocycles. The molecule has 0 aliphatic rings. The third-order valence-electron chi connectivity index (χ3n) is 3.44. The minimum absolute atomic E-state index is 0.0452. The predicted octanol–water partition coefficient (Wildman–Crippen LogP) is 2.88. The van der Waals surface area contributed by atoms with Crippen molar-refractivity contribution >= 4 is 11.9 Å². The van der Waals surface area contributed by atoms with Gasteiger partial charge in [-0.25, -0.2) is 4.79 Å². The predicted molar refractivity (Wildman–Crippen MR) is 89.6 cm³/mol. The lowest BCUT2D eigenvalue weighted by Crippen LogP contribution is -2.27. The van der Waals surface area contributed by atoms with Crippen molar-refractivity contribution in [2.75, 3.05) is 13.2 Å². The van der Waals surface area contributed by atoms with Crippen LogP contribution in [0.3, 0.4) is 0 Å². The van der Waals surface area contributed by atoms with E-state index in [2.05, 4.69) is 19.2 Å². The Bertz CT molecular complexity index is 513. The molecule has 1 atom stereocenters. The Morgan fingerprint density at radius 1 is 1.26 bits per heavy atom. The molecule has 0 heterocycles. The fraction of sp³-hybridized carbons (Fsp3) is 0.556. The molecule has 0 radical (unpaired) electrons. The zero-order valence-electron chi connectivity index (χ0n) is 14.2. The molecule has 0 saturated heterocycles. The number of carbonyl (C=O) groups is 2. The number of hydrogen-bond donors (Lipinski definition) is 2. The molecular formula is C18H27NO4. The van der Waals surface area contributed by atoms with E-state index < -0.39 is 5.97 Å². The molecule has 1 rings (SSSR count). The van der Waals surface area contributed by atoms with Crippen molar-refractivity contribution in [3.05, 3.63) is 35.4 Å². The van der Waals surface area contributed by atoms with Crippen LogP contribution in [0.15, 0.2) is 24.3 Å². The largest absolute Gasteiger partial charge is 0.478 e. The third kappa shape index (κ3) is 8.35. The number of rotatable bonds is 10. The van der Waals surface area contributed by atoms with Crippen LogP contribution < -0.4 is 5.32 Å². The molecule has 5 heteroatoms. The summed E-state index contributed by atoms with van der Waals surface area (Å²) in [5.74, 6) is -0.403. The lowest BCUT2D eigenvalue weighted by atomic mass is 10.1. The van der Waals surface area contributed by atoms with Gasteiger partial charge in [0, 0.05) is 13.0 Å². The maximum atomic E-state index is 11.7. The van der Waals surface area contributed by atoms with Crippen LogP contribution in [-0.2, 0) is 16.0 Å². The van der Waals surface area contributed by atoms with Gasteiger partial charge in [-0.05, 0) is 43.4 Å². The number of carboxylic acid groups (broad SMARTS) is 1. The van der Waals surface area contributed by atoms with Crippen LogP contribution in [0.2, 0.25) is 0 Å². The maximum Gasteiger partial charge on any atom is 0.335 e. The second-order valence-electron chi connectivity index (χ2n) is 6.17. The fourth-order valence-corrected chi connectivity index (χ4v) is 2.38. The van der Waals surface area contributed by atoms with Crippen molar-refractivity contribution in [1.29, 1.82) is 0 Å². The van der Waals surface area contributed by atoms with E-state index in [1.54, 1.807) is 18.2 Å². The molecule has 0 aliphatic heterocycles. The van der Waals surface area contributed by atoms with Gasteiger partial charge in [0.25, 0.3) is 0 Å². The highest BCUT2D eigenvalue weighted by Gasteiger charge is 2.07. The summed E-state index contributed by atoms with van der Waals surface area (Å²) in [6, 6.07) is 6.76. The summed E-state index contributed by atoms with van der Waals surface area (Å²) < 4.78 is 5.60. The van der Waals surface area contributed by atoms with Crippen molar-refractivity contribution in [2.24, 2.45) is 5.92 Å². The molecule has 0 saturated carbocycles. The molecule has 2 N–H and O–H groups in total. The maximum absolute atomic E-state index is 11.7. The zero-order chi connectivity index (χ0) is 17.2. The highest BCUT2D eigenvalue weighted by atomic mass is 16.5. The standard InChI is InChI=1S/C18H27NO4/c1-13(2)11-14(3)23-10-8-17(20)19-9-7-15-5-4-6-16(12-15)18(21)22/h4-6,12-14H,7-11H2,1-3H3,(H,19,20)(H,21,22). The zero-order valence-corrected chi connectivity index (χ0v) is 14.2. The van der Waals surface area contributed by atoms with E-state index in [-0.39, 0.29) is 17.6 Å². The van der Waals surface area contributed by atoms with Crippen LogP contribution in [-0.4, -0.2) is 36.2 Å². The first-order chi connectivity index (χ1) is 10.9. The van der Waals surface area contributed by atoms with Crippen LogP contribution in [0.5, 0.6) is 0 Å². The van der Waals surface area contributed by atoms with Crippen molar-refractivity contribution in [3.8, 4) is 0 Å². The lowest BCUT2D eigenvalue weighted by Gasteiger charge is -2.14. The number of aromatic carboxylic acids is 1. The highest BCUT2D eigenvalue weighted by molar-refractivity contribution is 5.87. The van der Waals surface area contributed by atoms with Gasteiger partial charge in [-0.2, -0.15) is 0 Å². The monoisotopic (exact) mass is 321 g/mol. The average molecular weight is 321 g/mol. The number of carboxylic acids is 1. The molecule has 1 aromatic carbocycles. The van der Waals surface area contributed by atoms with Gasteiger partial charge in [0.15, 0.2) is 0 Å². The van der Waals surface area contributed by atoms with Crippen LogP contribution in [0.25, 0.3) is 0 Å². The van der Waals surface area contributed by atoms with Gasteiger partial charge >= 0.3 is 5.97 Å². The summed E-state index contributed by atoms with van der Waals surface area (Å²) in [7, 11) is 0. The van der Waals surface area contributed by atoms with Gasteiger partial charge in [-0.3, -0.25) is 4.79 Å². The second kappa shape index (κ2) is 10.0. The Morgan fingerprint density at radius 2 is 2.00 bits per heavy atom. The first-order valence-electron chi connectivity index (χ1n) is 8.09. The number of ether oxygens (including phenoxy) is 1. The molecule has 128 valence electrons. The minimum Gasteiger partial charge on any atom is -0.478 e. The summed E-state index contributed by atoms with van der Waals surface area (Å²) in [6.07, 6.45) is 2.11. The SMILES string of the molecule is CC(C)CC(C)OCCC(=O)NCCc1cccc(C(=O)O)c1. The van der Waals surface area contributed by atoms with E-state index >= 15 is 0 Å². The average Bonchev–Trinajstić information content (AvgIpc) is 2.46. The first-order valence-corrected chi connectivity index (χ1v) is 8.09. The lowest BCUT2D eigenvalue weighted by molar-refractivity contribution is -0.122. The van der Waals surface area contributed by atoms with Crippen molar-refractivity contribution in [2.45, 2.75) is 46.1 Å². The van der Waals surface area contributed by atoms with Gasteiger partial charge in [-0.1, -0.05) is 26.0 Å². The molecular weight excluding hydrogens is 294 g/mol. The second-order valence-corrected chi connectivity index (χ2v) is 6.17. The summed E-state index contributed by atoms with van der Waals surface area (Å²) in [4.78, 5) is 22.6. The van der Waals surface area contributed by atoms with E-state index in [0.717, 1.165) is 12.0 Å². The Balaban J connectivity index is 2.21. The van der Waals surface area contributed by atoms with Gasteiger partial charge in [0.1, 0.15) is 0 Å². The Morgan fingerprint density at radius 3 is 2.65 bits per heavy atom. The molecule has 5 nitrogen and oxygen atoms in total. The highest BCUT2D eigenvalue weighted by Crippen LogP contribution is 2.08. The van der Waals surface area contributed by atoms with Gasteiger partial charge in [0.2, 0.25) is 5.91 Å². The molecule has 1 unspecified atom stereocenters. The molecule has 1 amide bonds. The Kier molecular flexibility index (Phi) is 8.33. The van der Waals surface area contributed by atoms with E-state index in [1.807, 2.05) is 13.0 Å². The van der Waals surface area contributed by atoms with Crippen LogP contribution in [0.4, 0.5) is 0 Å². The number of hydrogen-bond acceptors (Lipinski definition) is 3. The number of nitrogens with one attached hydrogen (secondary N) is 1. The van der Waals surface area contributed by atoms with Crippen molar-refractivity contribution in [1.82, 2.24) is 5.32 Å².